The van der Waals surface area contributed by atoms with Crippen LogP contribution in [0, 0.1) is 0 Å². The fourth-order valence-electron chi connectivity index (χ4n) is 2.79. The lowest BCUT2D eigenvalue weighted by atomic mass is 9.94. The highest BCUT2D eigenvalue weighted by Crippen LogP contribution is 2.27. The van der Waals surface area contributed by atoms with Gasteiger partial charge in [0.1, 0.15) is 0 Å². The summed E-state index contributed by atoms with van der Waals surface area (Å²) in [6.45, 7) is 8.51. The maximum absolute atomic E-state index is 8.95. The van der Waals surface area contributed by atoms with Gasteiger partial charge in [-0.3, -0.25) is 9.80 Å². The molecular weight excluding hydrogens is 164 g/mol. The summed E-state index contributed by atoms with van der Waals surface area (Å²) in [5, 5.41) is 8.95. The summed E-state index contributed by atoms with van der Waals surface area (Å²) in [5.74, 6) is 0. The molecule has 0 aromatic rings. The minimum atomic E-state index is 0.329. The van der Waals surface area contributed by atoms with E-state index in [1.165, 1.54) is 13.1 Å². The Bertz CT molecular complexity index is 184. The molecule has 3 rings (SSSR count). The van der Waals surface area contributed by atoms with E-state index in [1.54, 1.807) is 0 Å². The van der Waals surface area contributed by atoms with Crippen LogP contribution in [0.4, 0.5) is 0 Å². The van der Waals surface area contributed by atoms with Crippen molar-refractivity contribution in [3.63, 3.8) is 0 Å². The molecule has 3 heteroatoms. The fraction of sp³-hybridized carbons (Fsp3) is 1.00. The lowest BCUT2D eigenvalue weighted by Gasteiger charge is -2.55. The topological polar surface area (TPSA) is 26.7 Å². The van der Waals surface area contributed by atoms with E-state index in [0.29, 0.717) is 24.7 Å². The van der Waals surface area contributed by atoms with Crippen LogP contribution in [0.25, 0.3) is 0 Å². The summed E-state index contributed by atoms with van der Waals surface area (Å²) in [4.78, 5) is 5.13. The van der Waals surface area contributed by atoms with Crippen LogP contribution in [0.5, 0.6) is 0 Å². The van der Waals surface area contributed by atoms with Crippen LogP contribution in [-0.4, -0.2) is 59.3 Å². The van der Waals surface area contributed by atoms with Crippen molar-refractivity contribution in [2.45, 2.75) is 38.4 Å². The van der Waals surface area contributed by atoms with Crippen LogP contribution in [0.3, 0.4) is 0 Å². The fourth-order valence-corrected chi connectivity index (χ4v) is 2.79. The number of hydrogen-bond donors (Lipinski definition) is 1. The van der Waals surface area contributed by atoms with Crippen LogP contribution in [-0.2, 0) is 0 Å². The first-order valence-electron chi connectivity index (χ1n) is 5.34. The van der Waals surface area contributed by atoms with Crippen molar-refractivity contribution >= 4 is 0 Å². The van der Waals surface area contributed by atoms with Gasteiger partial charge in [0, 0.05) is 44.4 Å². The van der Waals surface area contributed by atoms with Crippen molar-refractivity contribution in [2.24, 2.45) is 0 Å². The lowest BCUT2D eigenvalue weighted by molar-refractivity contribution is -0.0680. The summed E-state index contributed by atoms with van der Waals surface area (Å²) in [5.41, 5.74) is 0. The zero-order valence-electron chi connectivity index (χ0n) is 8.61. The number of fused-ring (bicyclic) bond motifs is 3. The number of hydrogen-bond acceptors (Lipinski definition) is 3. The second-order valence-corrected chi connectivity index (χ2v) is 4.38. The molecule has 3 saturated heterocycles. The second-order valence-electron chi connectivity index (χ2n) is 4.38. The lowest BCUT2D eigenvalue weighted by Crippen LogP contribution is -2.68. The van der Waals surface area contributed by atoms with E-state index in [-0.39, 0.29) is 0 Å². The molecule has 3 nitrogen and oxygen atoms in total. The molecule has 3 fully saturated rings. The average molecular weight is 184 g/mol. The van der Waals surface area contributed by atoms with Gasteiger partial charge in [0.2, 0.25) is 0 Å². The molecule has 5 atom stereocenters. The Labute approximate surface area is 80.3 Å². The first kappa shape index (κ1) is 9.44. The largest absolute Gasteiger partial charge is 0.396 e. The number of rotatable bonds is 2. The van der Waals surface area contributed by atoms with Crippen LogP contribution in [0.2, 0.25) is 0 Å². The second kappa shape index (κ2) is 3.56. The molecule has 1 N–H and O–H groups in total. The first-order valence-corrected chi connectivity index (χ1v) is 5.34. The van der Waals surface area contributed by atoms with E-state index >= 15 is 0 Å². The minimum Gasteiger partial charge on any atom is -0.396 e. The Morgan fingerprint density at radius 2 is 2.00 bits per heavy atom. The van der Waals surface area contributed by atoms with Gasteiger partial charge in [-0.15, -0.1) is 0 Å². The van der Waals surface area contributed by atoms with E-state index in [4.69, 9.17) is 5.11 Å². The molecule has 3 heterocycles. The molecule has 13 heavy (non-hydrogen) atoms. The van der Waals surface area contributed by atoms with Crippen LogP contribution in [0.1, 0.15) is 20.3 Å². The molecule has 0 radical (unpaired) electrons. The van der Waals surface area contributed by atoms with E-state index in [2.05, 4.69) is 23.6 Å². The molecule has 0 spiro atoms. The molecule has 3 aliphatic heterocycles. The van der Waals surface area contributed by atoms with Gasteiger partial charge in [0.05, 0.1) is 0 Å². The summed E-state index contributed by atoms with van der Waals surface area (Å²) in [6.07, 6.45) is 0.938. The van der Waals surface area contributed by atoms with Gasteiger partial charge in [-0.25, -0.2) is 0 Å². The van der Waals surface area contributed by atoms with E-state index < -0.39 is 0 Å². The van der Waals surface area contributed by atoms with Crippen molar-refractivity contribution < 1.29 is 5.11 Å². The van der Waals surface area contributed by atoms with Crippen molar-refractivity contribution in [2.75, 3.05) is 26.2 Å². The van der Waals surface area contributed by atoms with Gasteiger partial charge in [-0.1, -0.05) is 0 Å². The Balaban J connectivity index is 2.05. The van der Waals surface area contributed by atoms with Crippen molar-refractivity contribution in [1.29, 1.82) is 0 Å². The van der Waals surface area contributed by atoms with Crippen LogP contribution in [0.15, 0.2) is 0 Å². The predicted octanol–water partition coefficient (Wildman–Crippen LogP) is 0.146. The summed E-state index contributed by atoms with van der Waals surface area (Å²) in [7, 11) is 0. The third kappa shape index (κ3) is 1.49. The standard InChI is InChI=1S/C10H20N2O/c1-8-9(2)12-5-4-11(8)7-10(12)3-6-13/h8-10,13H,3-7H2,1-2H3. The van der Waals surface area contributed by atoms with Gasteiger partial charge < -0.3 is 5.11 Å². The minimum absolute atomic E-state index is 0.329. The molecule has 0 amide bonds. The highest BCUT2D eigenvalue weighted by atomic mass is 16.3. The molecule has 2 bridgehead atoms. The zero-order valence-corrected chi connectivity index (χ0v) is 8.61. The molecule has 0 saturated carbocycles. The molecule has 3 aliphatic rings. The van der Waals surface area contributed by atoms with E-state index in [1.807, 2.05) is 0 Å². The smallest absolute Gasteiger partial charge is 0.0446 e. The highest BCUT2D eigenvalue weighted by molar-refractivity contribution is 4.97. The third-order valence-electron chi connectivity index (χ3n) is 3.82. The van der Waals surface area contributed by atoms with Crippen LogP contribution >= 0.6 is 0 Å². The number of aliphatic hydroxyl groups excluding tert-OH is 1. The van der Waals surface area contributed by atoms with E-state index in [0.717, 1.165) is 13.0 Å². The average Bonchev–Trinajstić information content (AvgIpc) is 2.14. The Morgan fingerprint density at radius 3 is 2.62 bits per heavy atom. The summed E-state index contributed by atoms with van der Waals surface area (Å²) >= 11 is 0. The SMILES string of the molecule is CC1C(C)N2CCN1CC2CCO. The van der Waals surface area contributed by atoms with Crippen molar-refractivity contribution in [1.82, 2.24) is 9.80 Å². The summed E-state index contributed by atoms with van der Waals surface area (Å²) in [6, 6.07) is 1.97. The quantitative estimate of drug-likeness (QED) is 0.661. The van der Waals surface area contributed by atoms with Crippen molar-refractivity contribution in [3.05, 3.63) is 0 Å². The molecule has 0 aromatic carbocycles. The maximum Gasteiger partial charge on any atom is 0.0446 e. The number of nitrogens with zero attached hydrogens (tertiary/aromatic N) is 2. The van der Waals surface area contributed by atoms with Gasteiger partial charge in [-0.05, 0) is 20.3 Å². The molecule has 76 valence electrons. The van der Waals surface area contributed by atoms with Crippen molar-refractivity contribution in [3.8, 4) is 0 Å². The maximum atomic E-state index is 8.95. The highest BCUT2D eigenvalue weighted by Gasteiger charge is 2.40. The van der Waals surface area contributed by atoms with E-state index in [9.17, 15) is 0 Å². The van der Waals surface area contributed by atoms with Gasteiger partial charge in [0.15, 0.2) is 0 Å². The monoisotopic (exact) mass is 184 g/mol. The molecule has 0 aromatic heterocycles. The Morgan fingerprint density at radius 1 is 1.23 bits per heavy atom. The Hall–Kier alpha value is -0.120. The number of piperazine rings is 3. The first-order chi connectivity index (χ1) is 6.24. The third-order valence-corrected chi connectivity index (χ3v) is 3.82. The van der Waals surface area contributed by atoms with Gasteiger partial charge in [-0.2, -0.15) is 0 Å². The summed E-state index contributed by atoms with van der Waals surface area (Å²) < 4.78 is 0. The molecule has 5 unspecified atom stereocenters. The molecular formula is C10H20N2O. The number of aliphatic hydroxyl groups is 1. The normalized spacial score (nSPS) is 49.6. The Kier molecular flexibility index (Phi) is 2.58. The molecule has 0 aliphatic carbocycles. The predicted molar refractivity (Wildman–Crippen MR) is 52.7 cm³/mol. The van der Waals surface area contributed by atoms with Gasteiger partial charge >= 0.3 is 0 Å². The van der Waals surface area contributed by atoms with Crippen LogP contribution < -0.4 is 0 Å². The van der Waals surface area contributed by atoms with Gasteiger partial charge in [0.25, 0.3) is 0 Å². The zero-order chi connectivity index (χ0) is 9.42.